The van der Waals surface area contributed by atoms with Gasteiger partial charge in [0.15, 0.2) is 5.69 Å². The Morgan fingerprint density at radius 2 is 2.31 bits per heavy atom. The van der Waals surface area contributed by atoms with Crippen molar-refractivity contribution in [2.24, 2.45) is 5.73 Å². The van der Waals surface area contributed by atoms with Crippen LogP contribution in [0, 0.1) is 0 Å². The van der Waals surface area contributed by atoms with E-state index in [0.29, 0.717) is 18.7 Å². The van der Waals surface area contributed by atoms with Gasteiger partial charge in [-0.15, -0.1) is 5.10 Å². The summed E-state index contributed by atoms with van der Waals surface area (Å²) in [5, 5.41) is 16.2. The van der Waals surface area contributed by atoms with Gasteiger partial charge < -0.3 is 15.6 Å². The SMILES string of the molecule is COCc1c(C(N)=O)nnn1CCCCO. The number of unbranched alkanes of at least 4 members (excludes halogenated alkanes) is 1. The number of aryl methyl sites for hydroxylation is 1. The number of hydrogen-bond acceptors (Lipinski definition) is 5. The zero-order chi connectivity index (χ0) is 12.0. The van der Waals surface area contributed by atoms with Gasteiger partial charge in [0.2, 0.25) is 0 Å². The number of hydrogen-bond donors (Lipinski definition) is 2. The molecule has 7 nitrogen and oxygen atoms in total. The van der Waals surface area contributed by atoms with E-state index >= 15 is 0 Å². The molecule has 3 N–H and O–H groups in total. The van der Waals surface area contributed by atoms with E-state index in [1.807, 2.05) is 0 Å². The fourth-order valence-electron chi connectivity index (χ4n) is 1.36. The number of amides is 1. The maximum absolute atomic E-state index is 11.1. The molecular formula is C9H16N4O3. The van der Waals surface area contributed by atoms with Crippen molar-refractivity contribution in [2.75, 3.05) is 13.7 Å². The predicted molar refractivity (Wildman–Crippen MR) is 55.6 cm³/mol. The molecule has 0 aliphatic rings. The van der Waals surface area contributed by atoms with Crippen LogP contribution in [0.4, 0.5) is 0 Å². The summed E-state index contributed by atoms with van der Waals surface area (Å²) in [4.78, 5) is 11.1. The van der Waals surface area contributed by atoms with Gasteiger partial charge in [-0.25, -0.2) is 4.68 Å². The molecule has 1 aromatic rings. The van der Waals surface area contributed by atoms with Gasteiger partial charge >= 0.3 is 0 Å². The Bertz CT molecular complexity index is 351. The number of nitrogens with zero attached hydrogens (tertiary/aromatic N) is 3. The van der Waals surface area contributed by atoms with E-state index in [4.69, 9.17) is 15.6 Å². The third-order valence-corrected chi connectivity index (χ3v) is 2.13. The highest BCUT2D eigenvalue weighted by atomic mass is 16.5. The smallest absolute Gasteiger partial charge is 0.271 e. The molecule has 0 bridgehead atoms. The topological polar surface area (TPSA) is 103 Å². The Kier molecular flexibility index (Phi) is 4.87. The molecule has 0 aromatic carbocycles. The first-order chi connectivity index (χ1) is 7.70. The van der Waals surface area contributed by atoms with Crippen molar-refractivity contribution in [2.45, 2.75) is 26.0 Å². The van der Waals surface area contributed by atoms with Gasteiger partial charge in [0.1, 0.15) is 0 Å². The Labute approximate surface area is 93.2 Å². The molecule has 1 amide bonds. The number of primary amides is 1. The first kappa shape index (κ1) is 12.6. The van der Waals surface area contributed by atoms with Crippen LogP contribution in [0.25, 0.3) is 0 Å². The molecule has 0 saturated carbocycles. The van der Waals surface area contributed by atoms with Gasteiger partial charge in [-0.2, -0.15) is 0 Å². The molecule has 0 radical (unpaired) electrons. The lowest BCUT2D eigenvalue weighted by molar-refractivity contribution is 0.0989. The second-order valence-corrected chi connectivity index (χ2v) is 3.34. The Hall–Kier alpha value is -1.47. The molecule has 0 saturated heterocycles. The van der Waals surface area contributed by atoms with Gasteiger partial charge in [0, 0.05) is 20.3 Å². The van der Waals surface area contributed by atoms with Crippen molar-refractivity contribution in [3.05, 3.63) is 11.4 Å². The maximum Gasteiger partial charge on any atom is 0.271 e. The van der Waals surface area contributed by atoms with E-state index in [9.17, 15) is 4.79 Å². The van der Waals surface area contributed by atoms with E-state index in [-0.39, 0.29) is 18.9 Å². The van der Waals surface area contributed by atoms with E-state index in [0.717, 1.165) is 6.42 Å². The van der Waals surface area contributed by atoms with Crippen LogP contribution in [0.15, 0.2) is 0 Å². The normalized spacial score (nSPS) is 10.6. The summed E-state index contributed by atoms with van der Waals surface area (Å²) in [6.45, 7) is 0.959. The summed E-state index contributed by atoms with van der Waals surface area (Å²) in [5.41, 5.74) is 5.88. The minimum atomic E-state index is -0.611. The van der Waals surface area contributed by atoms with Gasteiger partial charge in [-0.1, -0.05) is 5.21 Å². The number of methoxy groups -OCH3 is 1. The van der Waals surface area contributed by atoms with E-state index in [1.54, 1.807) is 4.68 Å². The van der Waals surface area contributed by atoms with Gasteiger partial charge in [0.05, 0.1) is 12.3 Å². The molecule has 90 valence electrons. The number of rotatable bonds is 7. The predicted octanol–water partition coefficient (Wildman–Crippen LogP) is -0.704. The molecule has 0 atom stereocenters. The van der Waals surface area contributed by atoms with Crippen molar-refractivity contribution >= 4 is 5.91 Å². The highest BCUT2D eigenvalue weighted by Gasteiger charge is 2.16. The third-order valence-electron chi connectivity index (χ3n) is 2.13. The van der Waals surface area contributed by atoms with Crippen LogP contribution in [-0.2, 0) is 17.9 Å². The molecule has 0 unspecified atom stereocenters. The summed E-state index contributed by atoms with van der Waals surface area (Å²) in [6.07, 6.45) is 1.44. The molecule has 1 heterocycles. The van der Waals surface area contributed by atoms with E-state index in [1.165, 1.54) is 7.11 Å². The average molecular weight is 228 g/mol. The number of nitrogens with two attached hydrogens (primary N) is 1. The van der Waals surface area contributed by atoms with Crippen LogP contribution in [0.5, 0.6) is 0 Å². The van der Waals surface area contributed by atoms with Crippen molar-refractivity contribution in [3.8, 4) is 0 Å². The zero-order valence-electron chi connectivity index (χ0n) is 9.22. The number of ether oxygens (including phenoxy) is 1. The molecule has 0 aliphatic heterocycles. The molecule has 0 aliphatic carbocycles. The lowest BCUT2D eigenvalue weighted by Gasteiger charge is -2.05. The van der Waals surface area contributed by atoms with E-state index < -0.39 is 5.91 Å². The summed E-state index contributed by atoms with van der Waals surface area (Å²) < 4.78 is 6.55. The highest BCUT2D eigenvalue weighted by molar-refractivity contribution is 5.91. The molecule has 0 fully saturated rings. The van der Waals surface area contributed by atoms with Crippen LogP contribution >= 0.6 is 0 Å². The monoisotopic (exact) mass is 228 g/mol. The quantitative estimate of drug-likeness (QED) is 0.600. The summed E-state index contributed by atoms with van der Waals surface area (Å²) in [7, 11) is 1.52. The summed E-state index contributed by atoms with van der Waals surface area (Å²) in [6, 6.07) is 0. The Morgan fingerprint density at radius 1 is 1.56 bits per heavy atom. The van der Waals surface area contributed by atoms with Crippen LogP contribution in [-0.4, -0.2) is 39.7 Å². The first-order valence-electron chi connectivity index (χ1n) is 5.02. The van der Waals surface area contributed by atoms with Crippen LogP contribution in [0.1, 0.15) is 29.0 Å². The molecule has 1 rings (SSSR count). The van der Waals surface area contributed by atoms with E-state index in [2.05, 4.69) is 10.3 Å². The number of aromatic nitrogens is 3. The van der Waals surface area contributed by atoms with Crippen LogP contribution in [0.2, 0.25) is 0 Å². The molecule has 7 heteroatoms. The molecule has 16 heavy (non-hydrogen) atoms. The number of aliphatic hydroxyl groups is 1. The van der Waals surface area contributed by atoms with Crippen molar-refractivity contribution in [1.82, 2.24) is 15.0 Å². The lowest BCUT2D eigenvalue weighted by Crippen LogP contribution is -2.16. The van der Waals surface area contributed by atoms with Crippen molar-refractivity contribution in [3.63, 3.8) is 0 Å². The molecular weight excluding hydrogens is 212 g/mol. The van der Waals surface area contributed by atoms with Crippen molar-refractivity contribution < 1.29 is 14.6 Å². The zero-order valence-corrected chi connectivity index (χ0v) is 9.22. The first-order valence-corrected chi connectivity index (χ1v) is 5.02. The largest absolute Gasteiger partial charge is 0.396 e. The Morgan fingerprint density at radius 3 is 2.88 bits per heavy atom. The number of carbonyl (C=O) groups excluding carboxylic acids is 1. The van der Waals surface area contributed by atoms with Crippen LogP contribution in [0.3, 0.4) is 0 Å². The minimum Gasteiger partial charge on any atom is -0.396 e. The standard InChI is InChI=1S/C9H16N4O3/c1-16-6-7-8(9(10)15)11-12-13(7)4-2-3-5-14/h14H,2-6H2,1H3,(H2,10,15). The highest BCUT2D eigenvalue weighted by Crippen LogP contribution is 2.07. The number of aliphatic hydroxyl groups excluding tert-OH is 1. The van der Waals surface area contributed by atoms with Crippen LogP contribution < -0.4 is 5.73 Å². The fourth-order valence-corrected chi connectivity index (χ4v) is 1.36. The average Bonchev–Trinajstić information content (AvgIpc) is 2.63. The third kappa shape index (κ3) is 3.01. The molecule has 0 spiro atoms. The van der Waals surface area contributed by atoms with Gasteiger partial charge in [-0.3, -0.25) is 4.79 Å². The fraction of sp³-hybridized carbons (Fsp3) is 0.667. The minimum absolute atomic E-state index is 0.136. The maximum atomic E-state index is 11.1. The summed E-state index contributed by atoms with van der Waals surface area (Å²) in [5.74, 6) is -0.611. The van der Waals surface area contributed by atoms with Gasteiger partial charge in [-0.05, 0) is 12.8 Å². The van der Waals surface area contributed by atoms with Gasteiger partial charge in [0.25, 0.3) is 5.91 Å². The number of carbonyl (C=O) groups is 1. The lowest BCUT2D eigenvalue weighted by atomic mass is 10.3. The molecule has 1 aromatic heterocycles. The second-order valence-electron chi connectivity index (χ2n) is 3.34. The van der Waals surface area contributed by atoms with Crippen molar-refractivity contribution in [1.29, 1.82) is 0 Å². The second kappa shape index (κ2) is 6.19. The Balaban J connectivity index is 2.78. The summed E-state index contributed by atoms with van der Waals surface area (Å²) >= 11 is 0.